The van der Waals surface area contributed by atoms with Crippen LogP contribution in [0.3, 0.4) is 0 Å². The maximum absolute atomic E-state index is 13.4. The number of aromatic nitrogens is 4. The van der Waals surface area contributed by atoms with Gasteiger partial charge in [0.05, 0.1) is 16.8 Å². The second-order valence-electron chi connectivity index (χ2n) is 6.20. The first-order valence-electron chi connectivity index (χ1n) is 8.36. The molecule has 0 aliphatic heterocycles. The average Bonchev–Trinajstić information content (AvgIpc) is 2.96. The molecule has 0 radical (unpaired) electrons. The van der Waals surface area contributed by atoms with Crippen LogP contribution in [0.25, 0.3) is 22.3 Å². The van der Waals surface area contributed by atoms with E-state index in [1.54, 1.807) is 36.1 Å². The molecule has 0 atom stereocenters. The van der Waals surface area contributed by atoms with Crippen molar-refractivity contribution in [2.45, 2.75) is 13.8 Å². The van der Waals surface area contributed by atoms with Crippen LogP contribution < -0.4 is 5.43 Å². The lowest BCUT2D eigenvalue weighted by Gasteiger charge is -2.12. The number of carbonyl (C=O) groups is 1. The highest BCUT2D eigenvalue weighted by atomic mass is 19.1. The first kappa shape index (κ1) is 16.8. The van der Waals surface area contributed by atoms with Crippen molar-refractivity contribution >= 4 is 16.8 Å². The van der Waals surface area contributed by atoms with Gasteiger partial charge < -0.3 is 0 Å². The van der Waals surface area contributed by atoms with Gasteiger partial charge in [0.25, 0.3) is 5.91 Å². The van der Waals surface area contributed by atoms with E-state index < -0.39 is 0 Å². The summed E-state index contributed by atoms with van der Waals surface area (Å²) in [4.78, 5) is 25.5. The van der Waals surface area contributed by atoms with E-state index in [1.807, 2.05) is 19.1 Å². The number of fused-ring (bicyclic) bond motifs is 1. The number of carbonyl (C=O) groups excluding carboxylic acids is 1. The van der Waals surface area contributed by atoms with E-state index in [9.17, 15) is 9.18 Å². The normalized spacial score (nSPS) is 10.9. The second-order valence-corrected chi connectivity index (χ2v) is 6.20. The fourth-order valence-electron chi connectivity index (χ4n) is 2.96. The summed E-state index contributed by atoms with van der Waals surface area (Å²) >= 11 is 0. The molecule has 0 fully saturated rings. The summed E-state index contributed by atoms with van der Waals surface area (Å²) in [7, 11) is 0. The van der Waals surface area contributed by atoms with Crippen LogP contribution in [0.4, 0.5) is 4.39 Å². The van der Waals surface area contributed by atoms with Crippen molar-refractivity contribution in [1.29, 1.82) is 0 Å². The predicted molar refractivity (Wildman–Crippen MR) is 100 cm³/mol. The zero-order chi connectivity index (χ0) is 19.0. The van der Waals surface area contributed by atoms with E-state index in [2.05, 4.69) is 20.4 Å². The zero-order valence-corrected chi connectivity index (χ0v) is 14.8. The lowest BCUT2D eigenvalue weighted by atomic mass is 10.2. The fourth-order valence-corrected chi connectivity index (χ4v) is 2.96. The third-order valence-corrected chi connectivity index (χ3v) is 4.30. The molecule has 1 amide bonds. The highest BCUT2D eigenvalue weighted by Gasteiger charge is 2.15. The Labute approximate surface area is 154 Å². The van der Waals surface area contributed by atoms with Gasteiger partial charge in [-0.15, -0.1) is 0 Å². The van der Waals surface area contributed by atoms with Gasteiger partial charge in [0.2, 0.25) is 0 Å². The van der Waals surface area contributed by atoms with Crippen molar-refractivity contribution in [2.24, 2.45) is 0 Å². The van der Waals surface area contributed by atoms with Crippen LogP contribution in [0.15, 0.2) is 55.0 Å². The van der Waals surface area contributed by atoms with E-state index in [-0.39, 0.29) is 11.7 Å². The summed E-state index contributed by atoms with van der Waals surface area (Å²) in [6.07, 6.45) is 4.84. The molecule has 0 saturated heterocycles. The molecule has 0 bridgehead atoms. The van der Waals surface area contributed by atoms with Gasteiger partial charge in [0.15, 0.2) is 5.82 Å². The van der Waals surface area contributed by atoms with Crippen LogP contribution in [-0.2, 0) is 0 Å². The molecule has 1 aromatic carbocycles. The van der Waals surface area contributed by atoms with E-state index in [1.165, 1.54) is 18.3 Å². The lowest BCUT2D eigenvalue weighted by molar-refractivity contribution is 0.101. The number of hydrogen-bond acceptors (Lipinski definition) is 4. The van der Waals surface area contributed by atoms with Crippen molar-refractivity contribution in [1.82, 2.24) is 19.6 Å². The van der Waals surface area contributed by atoms with Gasteiger partial charge in [0, 0.05) is 35.2 Å². The molecule has 4 rings (SSSR count). The molecule has 1 N–H and O–H groups in total. The highest BCUT2D eigenvalue weighted by molar-refractivity contribution is 6.01. The van der Waals surface area contributed by atoms with E-state index in [0.29, 0.717) is 28.0 Å². The summed E-state index contributed by atoms with van der Waals surface area (Å²) in [6, 6.07) is 9.90. The predicted octanol–water partition coefficient (Wildman–Crippen LogP) is 3.63. The fraction of sp³-hybridized carbons (Fsp3) is 0.100. The van der Waals surface area contributed by atoms with Crippen LogP contribution in [0, 0.1) is 19.7 Å². The van der Waals surface area contributed by atoms with Gasteiger partial charge in [-0.25, -0.2) is 14.4 Å². The Morgan fingerprint density at radius 3 is 2.74 bits per heavy atom. The van der Waals surface area contributed by atoms with Gasteiger partial charge in [0.1, 0.15) is 5.82 Å². The molecule has 3 aromatic heterocycles. The maximum atomic E-state index is 13.4. The molecule has 0 unspecified atom stereocenters. The zero-order valence-electron chi connectivity index (χ0n) is 14.8. The largest absolute Gasteiger partial charge is 0.273 e. The number of pyridine rings is 1. The first-order valence-corrected chi connectivity index (χ1v) is 8.36. The smallest absolute Gasteiger partial charge is 0.267 e. The molecule has 6 nitrogen and oxygen atoms in total. The number of rotatable bonds is 3. The minimum absolute atomic E-state index is 0.318. The quantitative estimate of drug-likeness (QED) is 0.605. The third kappa shape index (κ3) is 3.15. The van der Waals surface area contributed by atoms with Crippen molar-refractivity contribution in [2.75, 3.05) is 5.43 Å². The minimum atomic E-state index is -0.338. The molecule has 0 spiro atoms. The van der Waals surface area contributed by atoms with Crippen LogP contribution in [0.2, 0.25) is 0 Å². The van der Waals surface area contributed by atoms with Crippen LogP contribution >= 0.6 is 0 Å². The Morgan fingerprint density at radius 2 is 2.00 bits per heavy atom. The molecular formula is C20H16FN5O. The maximum Gasteiger partial charge on any atom is 0.273 e. The minimum Gasteiger partial charge on any atom is -0.267 e. The van der Waals surface area contributed by atoms with Gasteiger partial charge in [-0.1, -0.05) is 0 Å². The molecular weight excluding hydrogens is 345 g/mol. The molecule has 7 heteroatoms. The summed E-state index contributed by atoms with van der Waals surface area (Å²) < 4.78 is 15.0. The van der Waals surface area contributed by atoms with Crippen LogP contribution in [0.1, 0.15) is 21.7 Å². The number of hydrogen-bond donors (Lipinski definition) is 1. The SMILES string of the molecule is Cc1nc(-c2cccnc2)ncc1C(=O)Nn1c(C)cc2cc(F)ccc21. The van der Waals surface area contributed by atoms with Gasteiger partial charge in [-0.2, -0.15) is 0 Å². The van der Waals surface area contributed by atoms with Gasteiger partial charge in [-0.3, -0.25) is 19.9 Å². The van der Waals surface area contributed by atoms with Gasteiger partial charge in [-0.05, 0) is 50.2 Å². The van der Waals surface area contributed by atoms with E-state index in [0.717, 1.165) is 11.3 Å². The van der Waals surface area contributed by atoms with Crippen molar-refractivity contribution in [3.05, 3.63) is 77.8 Å². The number of benzene rings is 1. The number of nitrogens with one attached hydrogen (secondary N) is 1. The second kappa shape index (κ2) is 6.60. The number of halogens is 1. The Morgan fingerprint density at radius 1 is 1.15 bits per heavy atom. The monoisotopic (exact) mass is 361 g/mol. The molecule has 134 valence electrons. The average molecular weight is 361 g/mol. The highest BCUT2D eigenvalue weighted by Crippen LogP contribution is 2.20. The topological polar surface area (TPSA) is 72.7 Å². The van der Waals surface area contributed by atoms with Crippen LogP contribution in [-0.4, -0.2) is 25.5 Å². The standard InChI is InChI=1S/C20H16FN5O/c1-12-8-15-9-16(21)5-6-18(15)26(12)25-20(27)17-11-23-19(24-13(17)2)14-4-3-7-22-10-14/h3-11H,1-2H3,(H,25,27). The summed E-state index contributed by atoms with van der Waals surface area (Å²) in [5.41, 5.74) is 6.04. The van der Waals surface area contributed by atoms with E-state index >= 15 is 0 Å². The number of aryl methyl sites for hydroxylation is 2. The molecule has 0 saturated carbocycles. The number of nitrogens with zero attached hydrogens (tertiary/aromatic N) is 4. The van der Waals surface area contributed by atoms with Crippen molar-refractivity contribution in [3.8, 4) is 11.4 Å². The van der Waals surface area contributed by atoms with Crippen LogP contribution in [0.5, 0.6) is 0 Å². The Balaban J connectivity index is 1.65. The molecule has 3 heterocycles. The summed E-state index contributed by atoms with van der Waals surface area (Å²) in [6.45, 7) is 3.60. The number of amides is 1. The Hall–Kier alpha value is -3.61. The Kier molecular flexibility index (Phi) is 4.12. The molecule has 0 aliphatic carbocycles. The first-order chi connectivity index (χ1) is 13.0. The molecule has 27 heavy (non-hydrogen) atoms. The Bertz CT molecular complexity index is 1150. The van der Waals surface area contributed by atoms with E-state index in [4.69, 9.17) is 0 Å². The summed E-state index contributed by atoms with van der Waals surface area (Å²) in [5, 5.41) is 0.715. The van der Waals surface area contributed by atoms with Crippen molar-refractivity contribution < 1.29 is 9.18 Å². The van der Waals surface area contributed by atoms with Gasteiger partial charge >= 0.3 is 0 Å². The lowest BCUT2D eigenvalue weighted by Crippen LogP contribution is -2.25. The third-order valence-electron chi connectivity index (χ3n) is 4.30. The molecule has 4 aromatic rings. The summed E-state index contributed by atoms with van der Waals surface area (Å²) in [5.74, 6) is -0.147. The van der Waals surface area contributed by atoms with Crippen molar-refractivity contribution in [3.63, 3.8) is 0 Å². The molecule has 0 aliphatic rings.